The van der Waals surface area contributed by atoms with Gasteiger partial charge in [0.2, 0.25) is 0 Å². The maximum atomic E-state index is 6.28. The summed E-state index contributed by atoms with van der Waals surface area (Å²) in [6, 6.07) is 11.6. The zero-order chi connectivity index (χ0) is 18.1. The molecule has 0 bridgehead atoms. The first-order valence-corrected chi connectivity index (χ1v) is 10.1. The van der Waals surface area contributed by atoms with E-state index >= 15 is 0 Å². The minimum absolute atomic E-state index is 0.575. The monoisotopic (exact) mass is 451 g/mol. The van der Waals surface area contributed by atoms with Crippen molar-refractivity contribution >= 4 is 39.3 Å². The van der Waals surface area contributed by atoms with E-state index in [0.29, 0.717) is 18.2 Å². The minimum atomic E-state index is 0.575. The molecule has 0 spiro atoms. The zero-order valence-corrected chi connectivity index (χ0v) is 17.1. The average Bonchev–Trinajstić information content (AvgIpc) is 3.01. The van der Waals surface area contributed by atoms with Crippen LogP contribution in [0, 0.1) is 0 Å². The third-order valence-corrected chi connectivity index (χ3v) is 6.15. The van der Waals surface area contributed by atoms with Gasteiger partial charge in [0.25, 0.3) is 0 Å². The van der Waals surface area contributed by atoms with Crippen molar-refractivity contribution in [2.45, 2.75) is 10.9 Å². The molecule has 0 atom stereocenters. The molecule has 1 aromatic heterocycles. The Balaban J connectivity index is 1.55. The third kappa shape index (κ3) is 3.43. The molecule has 0 amide bonds. The van der Waals surface area contributed by atoms with Gasteiger partial charge in [0.1, 0.15) is 13.2 Å². The largest absolute Gasteiger partial charge is 0.486 e. The molecule has 0 radical (unpaired) electrons. The second kappa shape index (κ2) is 7.50. The highest BCUT2D eigenvalue weighted by Crippen LogP contribution is 2.38. The Morgan fingerprint density at radius 1 is 1.15 bits per heavy atom. The van der Waals surface area contributed by atoms with Crippen molar-refractivity contribution in [2.75, 3.05) is 13.2 Å². The highest BCUT2D eigenvalue weighted by Gasteiger charge is 2.17. The van der Waals surface area contributed by atoms with Crippen LogP contribution in [-0.4, -0.2) is 28.0 Å². The van der Waals surface area contributed by atoms with E-state index in [2.05, 4.69) is 26.1 Å². The average molecular weight is 453 g/mol. The van der Waals surface area contributed by atoms with Gasteiger partial charge in [-0.2, -0.15) is 0 Å². The first kappa shape index (κ1) is 17.7. The van der Waals surface area contributed by atoms with Gasteiger partial charge in [-0.05, 0) is 29.8 Å². The Morgan fingerprint density at radius 2 is 1.88 bits per heavy atom. The third-order valence-electron chi connectivity index (χ3n) is 4.02. The van der Waals surface area contributed by atoms with E-state index < -0.39 is 0 Å². The second-order valence-corrected chi connectivity index (χ2v) is 7.93. The van der Waals surface area contributed by atoms with Crippen LogP contribution < -0.4 is 9.47 Å². The summed E-state index contributed by atoms with van der Waals surface area (Å²) in [5.41, 5.74) is 1.98. The van der Waals surface area contributed by atoms with Gasteiger partial charge in [-0.15, -0.1) is 10.2 Å². The lowest BCUT2D eigenvalue weighted by Gasteiger charge is -2.19. The molecule has 1 aliphatic rings. The molecule has 0 saturated carbocycles. The molecular weight excluding hydrogens is 438 g/mol. The van der Waals surface area contributed by atoms with Gasteiger partial charge >= 0.3 is 0 Å². The van der Waals surface area contributed by atoms with Crippen molar-refractivity contribution in [1.82, 2.24) is 14.8 Å². The number of thioether (sulfide) groups is 1. The summed E-state index contributed by atoms with van der Waals surface area (Å²) in [6.45, 7) is 1.16. The van der Waals surface area contributed by atoms with Gasteiger partial charge in [0.15, 0.2) is 22.5 Å². The molecule has 2 heterocycles. The molecular formula is C18H15BrClN3O2S. The Kier molecular flexibility index (Phi) is 5.11. The fraction of sp³-hybridized carbons (Fsp3) is 0.222. The first-order valence-electron chi connectivity index (χ1n) is 7.98. The van der Waals surface area contributed by atoms with E-state index in [1.165, 1.54) is 0 Å². The van der Waals surface area contributed by atoms with Crippen LogP contribution in [0.1, 0.15) is 5.56 Å². The van der Waals surface area contributed by atoms with Gasteiger partial charge in [0, 0.05) is 22.8 Å². The maximum absolute atomic E-state index is 6.28. The highest BCUT2D eigenvalue weighted by molar-refractivity contribution is 9.10. The number of hydrogen-bond acceptors (Lipinski definition) is 5. The molecule has 5 nitrogen and oxygen atoms in total. The van der Waals surface area contributed by atoms with Gasteiger partial charge in [-0.25, -0.2) is 0 Å². The topological polar surface area (TPSA) is 49.2 Å². The lowest BCUT2D eigenvalue weighted by atomic mass is 10.2. The van der Waals surface area contributed by atoms with E-state index in [4.69, 9.17) is 21.1 Å². The van der Waals surface area contributed by atoms with Crippen LogP contribution in [0.4, 0.5) is 0 Å². The molecule has 134 valence electrons. The predicted molar refractivity (Wildman–Crippen MR) is 106 cm³/mol. The highest BCUT2D eigenvalue weighted by atomic mass is 79.9. The number of benzene rings is 2. The van der Waals surface area contributed by atoms with Crippen molar-refractivity contribution in [3.63, 3.8) is 0 Å². The van der Waals surface area contributed by atoms with Gasteiger partial charge < -0.3 is 14.0 Å². The van der Waals surface area contributed by atoms with Crippen molar-refractivity contribution in [3.8, 4) is 22.9 Å². The predicted octanol–water partition coefficient (Wildman–Crippen LogP) is 4.96. The Bertz CT molecular complexity index is 964. The molecule has 0 fully saturated rings. The summed E-state index contributed by atoms with van der Waals surface area (Å²) >= 11 is 11.5. The SMILES string of the molecule is Cn1c(SCc2cc3c(cc2Br)OCCO3)nnc1-c1ccccc1Cl. The summed E-state index contributed by atoms with van der Waals surface area (Å²) < 4.78 is 14.2. The smallest absolute Gasteiger partial charge is 0.191 e. The summed E-state index contributed by atoms with van der Waals surface area (Å²) in [6.07, 6.45) is 0. The molecule has 0 aliphatic carbocycles. The molecule has 0 N–H and O–H groups in total. The van der Waals surface area contributed by atoms with Crippen LogP contribution in [0.25, 0.3) is 11.4 Å². The van der Waals surface area contributed by atoms with Crippen molar-refractivity contribution in [1.29, 1.82) is 0 Å². The fourth-order valence-corrected chi connectivity index (χ4v) is 4.45. The number of halogens is 2. The van der Waals surface area contributed by atoms with E-state index in [1.54, 1.807) is 11.8 Å². The molecule has 1 aliphatic heterocycles. The standard InChI is InChI=1S/C18H15BrClN3O2S/c1-23-17(12-4-2-3-5-14(12)20)21-22-18(23)26-10-11-8-15-16(9-13(11)19)25-7-6-24-15/h2-5,8-9H,6-7,10H2,1H3. The van der Waals surface area contributed by atoms with Crippen LogP contribution in [0.2, 0.25) is 5.02 Å². The van der Waals surface area contributed by atoms with E-state index in [1.807, 2.05) is 48.0 Å². The summed E-state index contributed by atoms with van der Waals surface area (Å²) in [4.78, 5) is 0. The zero-order valence-electron chi connectivity index (χ0n) is 13.9. The van der Waals surface area contributed by atoms with Crippen molar-refractivity contribution < 1.29 is 9.47 Å². The molecule has 3 aromatic rings. The van der Waals surface area contributed by atoms with Crippen molar-refractivity contribution in [3.05, 3.63) is 51.5 Å². The number of fused-ring (bicyclic) bond motifs is 1. The van der Waals surface area contributed by atoms with E-state index in [0.717, 1.165) is 43.8 Å². The summed E-state index contributed by atoms with van der Waals surface area (Å²) in [7, 11) is 1.94. The number of hydrogen-bond donors (Lipinski definition) is 0. The fourth-order valence-electron chi connectivity index (χ4n) is 2.68. The van der Waals surface area contributed by atoms with Gasteiger partial charge in [0.05, 0.1) is 5.02 Å². The van der Waals surface area contributed by atoms with Crippen LogP contribution >= 0.6 is 39.3 Å². The lowest BCUT2D eigenvalue weighted by molar-refractivity contribution is 0.171. The number of aromatic nitrogens is 3. The van der Waals surface area contributed by atoms with Crippen molar-refractivity contribution in [2.24, 2.45) is 7.05 Å². The number of rotatable bonds is 4. The van der Waals surface area contributed by atoms with Crippen LogP contribution in [0.15, 0.2) is 46.0 Å². The quantitative estimate of drug-likeness (QED) is 0.524. The van der Waals surface area contributed by atoms with E-state index in [9.17, 15) is 0 Å². The molecule has 26 heavy (non-hydrogen) atoms. The van der Waals surface area contributed by atoms with Crippen LogP contribution in [-0.2, 0) is 12.8 Å². The molecule has 4 rings (SSSR count). The normalized spacial score (nSPS) is 13.0. The number of nitrogens with zero attached hydrogens (tertiary/aromatic N) is 3. The molecule has 0 saturated heterocycles. The Labute approximate surface area is 168 Å². The summed E-state index contributed by atoms with van der Waals surface area (Å²) in [5, 5.41) is 10.1. The van der Waals surface area contributed by atoms with Gasteiger partial charge in [-0.1, -0.05) is 51.4 Å². The summed E-state index contributed by atoms with van der Waals surface area (Å²) in [5.74, 6) is 3.03. The first-order chi connectivity index (χ1) is 12.6. The van der Waals surface area contributed by atoms with Crippen LogP contribution in [0.3, 0.4) is 0 Å². The van der Waals surface area contributed by atoms with Crippen LogP contribution in [0.5, 0.6) is 11.5 Å². The van der Waals surface area contributed by atoms with E-state index in [-0.39, 0.29) is 0 Å². The van der Waals surface area contributed by atoms with Gasteiger partial charge in [-0.3, -0.25) is 0 Å². The Morgan fingerprint density at radius 3 is 2.65 bits per heavy atom. The number of ether oxygens (including phenoxy) is 2. The Hall–Kier alpha value is -1.70. The lowest BCUT2D eigenvalue weighted by Crippen LogP contribution is -2.15. The minimum Gasteiger partial charge on any atom is -0.486 e. The molecule has 8 heteroatoms. The molecule has 0 unspecified atom stereocenters. The second-order valence-electron chi connectivity index (χ2n) is 5.72. The molecule has 2 aromatic carbocycles. The maximum Gasteiger partial charge on any atom is 0.191 e.